The first-order valence-corrected chi connectivity index (χ1v) is 14.7. The fraction of sp³-hybridized carbons (Fsp3) is 0.182. The number of non-ortho nitro benzene ring substituents is 2. The molecular formula is C33H30N6O10. The van der Waals surface area contributed by atoms with E-state index in [1.165, 1.54) is 24.3 Å². The summed E-state index contributed by atoms with van der Waals surface area (Å²) in [6.07, 6.45) is 0.0645. The molecule has 4 rings (SSSR count). The number of hydrogen-bond donors (Lipinski definition) is 3. The summed E-state index contributed by atoms with van der Waals surface area (Å²) in [6, 6.07) is 23.5. The van der Waals surface area contributed by atoms with E-state index in [1.807, 2.05) is 0 Å². The van der Waals surface area contributed by atoms with E-state index in [2.05, 4.69) is 16.0 Å². The number of esters is 1. The van der Waals surface area contributed by atoms with E-state index in [0.717, 1.165) is 18.2 Å². The lowest BCUT2D eigenvalue weighted by Crippen LogP contribution is -2.54. The lowest BCUT2D eigenvalue weighted by atomic mass is 10.0. The van der Waals surface area contributed by atoms with Crippen molar-refractivity contribution in [3.05, 3.63) is 150 Å². The van der Waals surface area contributed by atoms with E-state index in [1.54, 1.807) is 60.7 Å². The van der Waals surface area contributed by atoms with Crippen LogP contribution in [0.2, 0.25) is 0 Å². The smallest absolute Gasteiger partial charge is 0.329 e. The minimum Gasteiger partial charge on any atom is -0.459 e. The summed E-state index contributed by atoms with van der Waals surface area (Å²) in [5.41, 5.74) is 0.485. The molecule has 0 fully saturated rings. The van der Waals surface area contributed by atoms with Crippen molar-refractivity contribution in [1.29, 1.82) is 0 Å². The van der Waals surface area contributed by atoms with Crippen LogP contribution < -0.4 is 16.0 Å². The number of benzene rings is 4. The van der Waals surface area contributed by atoms with Crippen molar-refractivity contribution in [3.8, 4) is 0 Å². The molecule has 49 heavy (non-hydrogen) atoms. The van der Waals surface area contributed by atoms with E-state index in [9.17, 15) is 44.7 Å². The molecule has 16 heteroatoms. The normalized spacial score (nSPS) is 11.8. The molecule has 0 aromatic heterocycles. The quantitative estimate of drug-likeness (QED) is 0.0876. The van der Waals surface area contributed by atoms with Crippen LogP contribution in [0.3, 0.4) is 0 Å². The van der Waals surface area contributed by atoms with E-state index >= 15 is 0 Å². The monoisotopic (exact) mass is 670 g/mol. The molecule has 4 aromatic carbocycles. The minimum atomic E-state index is -1.20. The maximum absolute atomic E-state index is 13.7. The number of nitro benzene ring substituents is 3. The molecular weight excluding hydrogens is 640 g/mol. The molecule has 0 saturated carbocycles. The second-order valence-electron chi connectivity index (χ2n) is 10.7. The van der Waals surface area contributed by atoms with Crippen LogP contribution in [0.4, 0.5) is 22.7 Å². The average molecular weight is 671 g/mol. The Balaban J connectivity index is 1.50. The zero-order chi connectivity index (χ0) is 35.3. The van der Waals surface area contributed by atoms with Gasteiger partial charge in [0.05, 0.1) is 27.4 Å². The van der Waals surface area contributed by atoms with Crippen molar-refractivity contribution in [2.75, 3.05) is 11.9 Å². The molecule has 4 aromatic rings. The van der Waals surface area contributed by atoms with Crippen molar-refractivity contribution in [2.24, 2.45) is 0 Å². The zero-order valence-electron chi connectivity index (χ0n) is 25.7. The van der Waals surface area contributed by atoms with Crippen molar-refractivity contribution < 1.29 is 33.9 Å². The Labute approximate surface area is 278 Å². The van der Waals surface area contributed by atoms with Gasteiger partial charge in [-0.15, -0.1) is 0 Å². The Morgan fingerprint density at radius 1 is 0.633 bits per heavy atom. The number of anilines is 1. The largest absolute Gasteiger partial charge is 0.459 e. The summed E-state index contributed by atoms with van der Waals surface area (Å²) in [7, 11) is 0. The van der Waals surface area contributed by atoms with Gasteiger partial charge in [0, 0.05) is 31.0 Å². The molecule has 0 spiro atoms. The third kappa shape index (κ3) is 10.4. The van der Waals surface area contributed by atoms with Gasteiger partial charge in [-0.1, -0.05) is 60.7 Å². The Morgan fingerprint density at radius 3 is 1.73 bits per heavy atom. The van der Waals surface area contributed by atoms with E-state index in [4.69, 9.17) is 4.74 Å². The predicted octanol–water partition coefficient (Wildman–Crippen LogP) is 4.02. The summed E-state index contributed by atoms with van der Waals surface area (Å²) in [6.45, 7) is -0.745. The van der Waals surface area contributed by atoms with E-state index < -0.39 is 62.6 Å². The number of hydrogen-bond acceptors (Lipinski definition) is 11. The number of nitro groups is 3. The molecule has 0 aliphatic heterocycles. The number of ether oxygens (including phenoxy) is 1. The van der Waals surface area contributed by atoms with Crippen LogP contribution in [0.5, 0.6) is 0 Å². The Hall–Kier alpha value is -6.71. The zero-order valence-corrected chi connectivity index (χ0v) is 25.7. The Bertz CT molecular complexity index is 1820. The molecule has 0 aliphatic rings. The Morgan fingerprint density at radius 2 is 1.18 bits per heavy atom. The number of amides is 2. The van der Waals surface area contributed by atoms with Crippen LogP contribution in [0, 0.1) is 30.3 Å². The van der Waals surface area contributed by atoms with Crippen LogP contribution in [0.1, 0.15) is 16.7 Å². The SMILES string of the molecule is O=C(CNc1ccc([N+](=O)[O-])cc1[N+](=O)[O-])N[C@H](Cc1ccccc1)C(=O)N[C@H](Cc1ccccc1)C(=O)OCc1ccc([N+](=O)[O-])cc1. The number of carbonyl (C=O) groups is 3. The average Bonchev–Trinajstić information content (AvgIpc) is 3.10. The van der Waals surface area contributed by atoms with E-state index in [-0.39, 0.29) is 30.8 Å². The summed E-state index contributed by atoms with van der Waals surface area (Å²) < 4.78 is 5.47. The number of nitrogens with one attached hydrogen (secondary N) is 3. The highest BCUT2D eigenvalue weighted by Gasteiger charge is 2.29. The first-order chi connectivity index (χ1) is 23.5. The van der Waals surface area contributed by atoms with Crippen LogP contribution in [0.25, 0.3) is 0 Å². The molecule has 0 saturated heterocycles. The van der Waals surface area contributed by atoms with Crippen molar-refractivity contribution in [3.63, 3.8) is 0 Å². The molecule has 2 amide bonds. The maximum atomic E-state index is 13.7. The molecule has 2 atom stereocenters. The topological polar surface area (TPSA) is 226 Å². The highest BCUT2D eigenvalue weighted by atomic mass is 16.6. The van der Waals surface area contributed by atoms with Gasteiger partial charge in [0.25, 0.3) is 17.1 Å². The number of carbonyl (C=O) groups excluding carboxylic acids is 3. The van der Waals surface area contributed by atoms with Crippen LogP contribution in [-0.4, -0.2) is 51.2 Å². The van der Waals surface area contributed by atoms with Crippen molar-refractivity contribution >= 4 is 40.5 Å². The summed E-state index contributed by atoms with van der Waals surface area (Å²) in [5.74, 6) is -2.23. The molecule has 0 aliphatic carbocycles. The molecule has 0 bridgehead atoms. The first-order valence-electron chi connectivity index (χ1n) is 14.7. The third-order valence-electron chi connectivity index (χ3n) is 7.17. The second-order valence-corrected chi connectivity index (χ2v) is 10.7. The summed E-state index contributed by atoms with van der Waals surface area (Å²) in [5, 5.41) is 41.4. The molecule has 16 nitrogen and oxygen atoms in total. The molecule has 0 unspecified atom stereocenters. The van der Waals surface area contributed by atoms with Crippen LogP contribution in [-0.2, 0) is 38.6 Å². The van der Waals surface area contributed by atoms with Gasteiger partial charge in [-0.2, -0.15) is 0 Å². The Kier molecular flexibility index (Phi) is 12.0. The van der Waals surface area contributed by atoms with Gasteiger partial charge in [-0.05, 0) is 34.9 Å². The lowest BCUT2D eigenvalue weighted by molar-refractivity contribution is -0.393. The van der Waals surface area contributed by atoms with Crippen LogP contribution in [0.15, 0.2) is 103 Å². The van der Waals surface area contributed by atoms with Crippen molar-refractivity contribution in [1.82, 2.24) is 10.6 Å². The predicted molar refractivity (Wildman–Crippen MR) is 175 cm³/mol. The lowest BCUT2D eigenvalue weighted by Gasteiger charge is -2.23. The highest BCUT2D eigenvalue weighted by molar-refractivity contribution is 5.92. The second kappa shape index (κ2) is 16.7. The summed E-state index contributed by atoms with van der Waals surface area (Å²) in [4.78, 5) is 71.4. The molecule has 252 valence electrons. The third-order valence-corrected chi connectivity index (χ3v) is 7.17. The minimum absolute atomic E-state index is 0.0198. The van der Waals surface area contributed by atoms with Gasteiger partial charge in [0.1, 0.15) is 24.4 Å². The molecule has 0 heterocycles. The van der Waals surface area contributed by atoms with E-state index in [0.29, 0.717) is 16.7 Å². The maximum Gasteiger partial charge on any atom is 0.329 e. The van der Waals surface area contributed by atoms with Gasteiger partial charge in [0.15, 0.2) is 0 Å². The van der Waals surface area contributed by atoms with Gasteiger partial charge in [-0.3, -0.25) is 39.9 Å². The standard InChI is InChI=1S/C33H30N6O10/c40-31(20-34-27-16-15-26(38(45)46)19-30(27)39(47)48)35-28(17-22-7-3-1-4-8-22)32(41)36-29(18-23-9-5-2-6-10-23)33(42)49-21-24-11-13-25(14-12-24)37(43)44/h1-16,19,28-29,34H,17-18,20-21H2,(H,35,40)(H,36,41)/t28-,29-/m1/s1. The van der Waals surface area contributed by atoms with Gasteiger partial charge in [0.2, 0.25) is 11.8 Å². The van der Waals surface area contributed by atoms with Gasteiger partial charge >= 0.3 is 5.97 Å². The fourth-order valence-corrected chi connectivity index (χ4v) is 4.70. The van der Waals surface area contributed by atoms with Gasteiger partial charge in [-0.25, -0.2) is 4.79 Å². The van der Waals surface area contributed by atoms with Gasteiger partial charge < -0.3 is 20.7 Å². The molecule has 3 N–H and O–H groups in total. The van der Waals surface area contributed by atoms with Crippen LogP contribution >= 0.6 is 0 Å². The first kappa shape index (κ1) is 35.1. The summed E-state index contributed by atoms with van der Waals surface area (Å²) >= 11 is 0. The highest BCUT2D eigenvalue weighted by Crippen LogP contribution is 2.28. The molecule has 0 radical (unpaired) electrons. The van der Waals surface area contributed by atoms with Crippen molar-refractivity contribution in [2.45, 2.75) is 31.5 Å². The fourth-order valence-electron chi connectivity index (χ4n) is 4.70. The number of nitrogens with zero attached hydrogens (tertiary/aromatic N) is 3. The number of rotatable bonds is 16.